The number of nitrogens with zero attached hydrogens (tertiary/aromatic N) is 2. The Bertz CT molecular complexity index is 1020. The predicted molar refractivity (Wildman–Crippen MR) is 118 cm³/mol. The fourth-order valence-corrected chi connectivity index (χ4v) is 3.86. The van der Waals surface area contributed by atoms with Crippen LogP contribution in [-0.2, 0) is 17.9 Å². The van der Waals surface area contributed by atoms with Gasteiger partial charge in [0, 0.05) is 35.7 Å². The van der Waals surface area contributed by atoms with Crippen LogP contribution in [-0.4, -0.2) is 29.4 Å². The van der Waals surface area contributed by atoms with E-state index >= 15 is 0 Å². The molecule has 3 aromatic rings. The highest BCUT2D eigenvalue weighted by molar-refractivity contribution is 7.09. The van der Waals surface area contributed by atoms with Gasteiger partial charge in [0.15, 0.2) is 0 Å². The Kier molecular flexibility index (Phi) is 7.16. The van der Waals surface area contributed by atoms with Gasteiger partial charge in [0.05, 0.1) is 24.3 Å². The number of nitro groups is 1. The van der Waals surface area contributed by atoms with Gasteiger partial charge in [-0.15, -0.1) is 11.3 Å². The average molecular weight is 426 g/mol. The number of nitro benzene ring substituents is 1. The summed E-state index contributed by atoms with van der Waals surface area (Å²) >= 11 is 1.63. The van der Waals surface area contributed by atoms with Gasteiger partial charge < -0.3 is 10.1 Å². The third-order valence-corrected chi connectivity index (χ3v) is 5.48. The van der Waals surface area contributed by atoms with Crippen molar-refractivity contribution in [2.24, 2.45) is 0 Å². The second kappa shape index (κ2) is 10.00. The number of anilines is 1. The summed E-state index contributed by atoms with van der Waals surface area (Å²) in [6.45, 7) is 3.08. The smallest absolute Gasteiger partial charge is 0.271 e. The van der Waals surface area contributed by atoms with E-state index in [0.717, 1.165) is 21.8 Å². The molecule has 3 rings (SSSR count). The Morgan fingerprint density at radius 2 is 1.97 bits per heavy atom. The van der Waals surface area contributed by atoms with E-state index in [4.69, 9.17) is 4.74 Å². The monoisotopic (exact) mass is 425 g/mol. The number of para-hydroxylation sites is 1. The third kappa shape index (κ3) is 5.65. The number of non-ortho nitro benzene ring substituents is 1. The normalized spacial score (nSPS) is 10.8. The van der Waals surface area contributed by atoms with Crippen LogP contribution < -0.4 is 10.1 Å². The Balaban J connectivity index is 1.76. The number of methoxy groups -OCH3 is 1. The second-order valence-electron chi connectivity index (χ2n) is 6.84. The highest BCUT2D eigenvalue weighted by atomic mass is 32.1. The summed E-state index contributed by atoms with van der Waals surface area (Å²) in [5, 5.41) is 15.9. The largest absolute Gasteiger partial charge is 0.496 e. The maximum atomic E-state index is 12.8. The van der Waals surface area contributed by atoms with Gasteiger partial charge in [-0.25, -0.2) is 0 Å². The van der Waals surface area contributed by atoms with Crippen molar-refractivity contribution in [2.75, 3.05) is 19.0 Å². The number of thiophene rings is 1. The van der Waals surface area contributed by atoms with Gasteiger partial charge in [-0.2, -0.15) is 0 Å². The Labute approximate surface area is 179 Å². The number of hydrogen-bond donors (Lipinski definition) is 1. The fourth-order valence-electron chi connectivity index (χ4n) is 3.12. The first-order chi connectivity index (χ1) is 14.5. The minimum Gasteiger partial charge on any atom is -0.496 e. The highest BCUT2D eigenvalue weighted by Gasteiger charge is 2.17. The van der Waals surface area contributed by atoms with E-state index in [1.54, 1.807) is 31.4 Å². The van der Waals surface area contributed by atoms with Crippen molar-refractivity contribution in [1.29, 1.82) is 0 Å². The molecule has 7 nitrogen and oxygen atoms in total. The predicted octanol–water partition coefficient (Wildman–Crippen LogP) is 4.61. The summed E-state index contributed by atoms with van der Waals surface area (Å²) in [4.78, 5) is 26.5. The summed E-state index contributed by atoms with van der Waals surface area (Å²) in [7, 11) is 1.63. The molecule has 0 bridgehead atoms. The lowest BCUT2D eigenvalue weighted by Gasteiger charge is -2.22. The molecule has 0 aliphatic carbocycles. The maximum absolute atomic E-state index is 12.8. The standard InChI is InChI=1S/C22H23N3O4S/c1-16-9-10-18(25(27)28)12-20(16)23-22(26)15-24(14-19-7-5-11-30-19)13-17-6-3-4-8-21(17)29-2/h3-12H,13-15H2,1-2H3,(H,23,26). The fraction of sp³-hybridized carbons (Fsp3) is 0.227. The molecule has 0 spiro atoms. The zero-order valence-electron chi connectivity index (χ0n) is 16.8. The molecule has 1 N–H and O–H groups in total. The van der Waals surface area contributed by atoms with Gasteiger partial charge in [0.2, 0.25) is 5.91 Å². The van der Waals surface area contributed by atoms with Crippen molar-refractivity contribution in [3.05, 3.63) is 86.1 Å². The molecule has 0 fully saturated rings. The third-order valence-electron chi connectivity index (χ3n) is 4.62. The van der Waals surface area contributed by atoms with Crippen LogP contribution in [0.3, 0.4) is 0 Å². The summed E-state index contributed by atoms with van der Waals surface area (Å²) in [6, 6.07) is 16.2. The van der Waals surface area contributed by atoms with Crippen LogP contribution >= 0.6 is 11.3 Å². The molecule has 0 saturated heterocycles. The van der Waals surface area contributed by atoms with Gasteiger partial charge in [-0.3, -0.25) is 19.8 Å². The van der Waals surface area contributed by atoms with Crippen molar-refractivity contribution in [2.45, 2.75) is 20.0 Å². The van der Waals surface area contributed by atoms with E-state index < -0.39 is 4.92 Å². The number of rotatable bonds is 9. The molecule has 1 aromatic heterocycles. The van der Waals surface area contributed by atoms with E-state index in [-0.39, 0.29) is 18.1 Å². The molecule has 30 heavy (non-hydrogen) atoms. The summed E-state index contributed by atoms with van der Waals surface area (Å²) < 4.78 is 5.44. The quantitative estimate of drug-likeness (QED) is 0.400. The van der Waals surface area contributed by atoms with Gasteiger partial charge in [-0.1, -0.05) is 30.3 Å². The van der Waals surface area contributed by atoms with Crippen molar-refractivity contribution in [1.82, 2.24) is 4.90 Å². The van der Waals surface area contributed by atoms with Crippen LogP contribution in [0, 0.1) is 17.0 Å². The van der Waals surface area contributed by atoms with E-state index in [0.29, 0.717) is 18.8 Å². The number of nitrogens with one attached hydrogen (secondary N) is 1. The molecule has 1 heterocycles. The van der Waals surface area contributed by atoms with Crippen LogP contribution in [0.5, 0.6) is 5.75 Å². The van der Waals surface area contributed by atoms with E-state index in [2.05, 4.69) is 5.32 Å². The van der Waals surface area contributed by atoms with E-state index in [9.17, 15) is 14.9 Å². The van der Waals surface area contributed by atoms with Crippen molar-refractivity contribution < 1.29 is 14.5 Å². The Hall–Kier alpha value is -3.23. The molecule has 2 aromatic carbocycles. The molecular weight excluding hydrogens is 402 g/mol. The lowest BCUT2D eigenvalue weighted by molar-refractivity contribution is -0.384. The van der Waals surface area contributed by atoms with Crippen LogP contribution in [0.1, 0.15) is 16.0 Å². The molecule has 0 unspecified atom stereocenters. The van der Waals surface area contributed by atoms with Crippen LogP contribution in [0.25, 0.3) is 0 Å². The first-order valence-corrected chi connectivity index (χ1v) is 10.3. The van der Waals surface area contributed by atoms with Crippen molar-refractivity contribution in [3.63, 3.8) is 0 Å². The topological polar surface area (TPSA) is 84.7 Å². The number of carbonyl (C=O) groups is 1. The molecule has 0 aliphatic rings. The Morgan fingerprint density at radius 1 is 1.17 bits per heavy atom. The zero-order valence-corrected chi connectivity index (χ0v) is 17.6. The van der Waals surface area contributed by atoms with Crippen LogP contribution in [0.4, 0.5) is 11.4 Å². The lowest BCUT2D eigenvalue weighted by Crippen LogP contribution is -2.32. The number of ether oxygens (including phenoxy) is 1. The molecule has 1 amide bonds. The van der Waals surface area contributed by atoms with Crippen molar-refractivity contribution in [3.8, 4) is 5.75 Å². The van der Waals surface area contributed by atoms with Crippen molar-refractivity contribution >= 4 is 28.6 Å². The first-order valence-electron chi connectivity index (χ1n) is 9.38. The molecular formula is C22H23N3O4S. The SMILES string of the molecule is COc1ccccc1CN(CC(=O)Nc1cc([N+](=O)[O-])ccc1C)Cc1cccs1. The van der Waals surface area contributed by atoms with Gasteiger partial charge in [-0.05, 0) is 30.0 Å². The van der Waals surface area contributed by atoms with Gasteiger partial charge >= 0.3 is 0 Å². The first kappa shape index (κ1) is 21.5. The summed E-state index contributed by atoms with van der Waals surface area (Å²) in [6.07, 6.45) is 0. The molecule has 8 heteroatoms. The molecule has 0 radical (unpaired) electrons. The number of carbonyl (C=O) groups excluding carboxylic acids is 1. The minimum atomic E-state index is -0.472. The van der Waals surface area contributed by atoms with Crippen LogP contribution in [0.15, 0.2) is 60.0 Å². The number of amides is 1. The zero-order chi connectivity index (χ0) is 21.5. The van der Waals surface area contributed by atoms with Gasteiger partial charge in [0.1, 0.15) is 5.75 Å². The molecule has 0 aliphatic heterocycles. The van der Waals surface area contributed by atoms with Gasteiger partial charge in [0.25, 0.3) is 5.69 Å². The Morgan fingerprint density at radius 3 is 2.67 bits per heavy atom. The minimum absolute atomic E-state index is 0.0552. The molecule has 0 atom stereocenters. The lowest BCUT2D eigenvalue weighted by atomic mass is 10.1. The number of aryl methyl sites for hydroxylation is 1. The second-order valence-corrected chi connectivity index (χ2v) is 7.87. The van der Waals surface area contributed by atoms with E-state index in [1.807, 2.05) is 46.7 Å². The summed E-state index contributed by atoms with van der Waals surface area (Å²) in [5.74, 6) is 0.536. The highest BCUT2D eigenvalue weighted by Crippen LogP contribution is 2.23. The number of hydrogen-bond acceptors (Lipinski definition) is 6. The molecule has 156 valence electrons. The van der Waals surface area contributed by atoms with E-state index in [1.165, 1.54) is 12.1 Å². The average Bonchev–Trinajstić information content (AvgIpc) is 3.22. The van der Waals surface area contributed by atoms with Crippen LogP contribution in [0.2, 0.25) is 0 Å². The maximum Gasteiger partial charge on any atom is 0.271 e. The number of benzene rings is 2. The molecule has 0 saturated carbocycles. The summed E-state index contributed by atoms with van der Waals surface area (Å²) in [5.41, 5.74) is 2.14.